The summed E-state index contributed by atoms with van der Waals surface area (Å²) in [5, 5.41) is 0.442. The van der Waals surface area contributed by atoms with Crippen molar-refractivity contribution in [2.24, 2.45) is 0 Å². The van der Waals surface area contributed by atoms with Gasteiger partial charge >= 0.3 is 5.97 Å². The maximum absolute atomic E-state index is 13.0. The van der Waals surface area contributed by atoms with Gasteiger partial charge in [-0.1, -0.05) is 24.3 Å². The van der Waals surface area contributed by atoms with Crippen molar-refractivity contribution in [2.45, 2.75) is 39.3 Å². The number of carbonyl (C=O) groups is 1. The molecule has 29 heavy (non-hydrogen) atoms. The smallest absolute Gasteiger partial charge is 0.343 e. The summed E-state index contributed by atoms with van der Waals surface area (Å²) in [6.45, 7) is 4.51. The predicted molar refractivity (Wildman–Crippen MR) is 114 cm³/mol. The molecule has 0 aliphatic heterocycles. The van der Waals surface area contributed by atoms with Crippen LogP contribution in [0, 0.1) is 0 Å². The van der Waals surface area contributed by atoms with Crippen molar-refractivity contribution >= 4 is 22.7 Å². The van der Waals surface area contributed by atoms with Crippen LogP contribution in [0.1, 0.15) is 35.3 Å². The lowest BCUT2D eigenvalue weighted by atomic mass is 10.1. The highest BCUT2D eigenvalue weighted by molar-refractivity contribution is 5.93. The van der Waals surface area contributed by atoms with Crippen molar-refractivity contribution < 1.29 is 9.53 Å². The van der Waals surface area contributed by atoms with Crippen LogP contribution >= 0.6 is 0 Å². The number of ether oxygens (including phenoxy) is 1. The monoisotopic (exact) mass is 391 g/mol. The Balaban J connectivity index is 1.74. The second kappa shape index (κ2) is 7.70. The van der Waals surface area contributed by atoms with Crippen molar-refractivity contribution in [1.82, 2.24) is 9.55 Å². The summed E-state index contributed by atoms with van der Waals surface area (Å²) in [6, 6.07) is 10.7. The Morgan fingerprint density at radius 3 is 2.55 bits per heavy atom. The molecule has 6 heteroatoms. The van der Waals surface area contributed by atoms with E-state index in [1.807, 2.05) is 24.6 Å². The number of fused-ring (bicyclic) bond motifs is 2. The largest absolute Gasteiger partial charge is 0.462 e. The molecule has 3 aromatic rings. The van der Waals surface area contributed by atoms with Crippen molar-refractivity contribution in [2.75, 3.05) is 18.6 Å². The molecule has 1 aliphatic carbocycles. The van der Waals surface area contributed by atoms with Gasteiger partial charge in [-0.2, -0.15) is 0 Å². The lowest BCUT2D eigenvalue weighted by molar-refractivity contribution is 0.0524. The molecule has 2 heterocycles. The average molecular weight is 391 g/mol. The quantitative estimate of drug-likeness (QED) is 0.625. The molecular weight excluding hydrogens is 366 g/mol. The first-order valence-corrected chi connectivity index (χ1v) is 10.0. The zero-order valence-electron chi connectivity index (χ0n) is 17.0. The van der Waals surface area contributed by atoms with E-state index in [4.69, 9.17) is 4.74 Å². The first kappa shape index (κ1) is 19.2. The maximum atomic E-state index is 13.0. The Hall–Kier alpha value is -3.15. The molecule has 0 radical (unpaired) electrons. The molecule has 1 aliphatic rings. The van der Waals surface area contributed by atoms with Crippen molar-refractivity contribution in [1.29, 1.82) is 0 Å². The van der Waals surface area contributed by atoms with Crippen LogP contribution in [0.4, 0.5) is 5.69 Å². The van der Waals surface area contributed by atoms with E-state index in [2.05, 4.69) is 34.1 Å². The molecule has 0 fully saturated rings. The molecule has 0 saturated carbocycles. The minimum absolute atomic E-state index is 0.0519. The number of carbonyl (C=O) groups excluding carboxylic acids is 1. The summed E-state index contributed by atoms with van der Waals surface area (Å²) in [4.78, 5) is 32.0. The van der Waals surface area contributed by atoms with Crippen LogP contribution in [0.5, 0.6) is 0 Å². The number of nitrogens with zero attached hydrogens (tertiary/aromatic N) is 3. The fourth-order valence-electron chi connectivity index (χ4n) is 4.07. The highest BCUT2D eigenvalue weighted by Crippen LogP contribution is 2.28. The summed E-state index contributed by atoms with van der Waals surface area (Å²) in [5.41, 5.74) is 3.91. The van der Waals surface area contributed by atoms with E-state index in [1.165, 1.54) is 11.1 Å². The summed E-state index contributed by atoms with van der Waals surface area (Å²) in [7, 11) is 2.03. The number of hydrogen-bond acceptors (Lipinski definition) is 5. The second-order valence-electron chi connectivity index (χ2n) is 7.38. The van der Waals surface area contributed by atoms with E-state index in [9.17, 15) is 9.59 Å². The van der Waals surface area contributed by atoms with E-state index >= 15 is 0 Å². The molecule has 0 atom stereocenters. The zero-order valence-corrected chi connectivity index (χ0v) is 17.0. The van der Waals surface area contributed by atoms with Gasteiger partial charge in [-0.25, -0.2) is 9.78 Å². The highest BCUT2D eigenvalue weighted by Gasteiger charge is 2.25. The molecule has 0 bridgehead atoms. The normalized spacial score (nSPS) is 13.5. The number of likely N-dealkylation sites (N-methyl/N-ethyl adjacent to an activating group) is 1. The van der Waals surface area contributed by atoms with Gasteiger partial charge in [0.2, 0.25) is 5.43 Å². The number of aryl methyl sites for hydroxylation is 1. The highest BCUT2D eigenvalue weighted by atomic mass is 16.5. The third-order valence-corrected chi connectivity index (χ3v) is 5.72. The average Bonchev–Trinajstić information content (AvgIpc) is 3.18. The molecule has 6 nitrogen and oxygen atoms in total. The van der Waals surface area contributed by atoms with E-state index < -0.39 is 5.97 Å². The van der Waals surface area contributed by atoms with Crippen molar-refractivity contribution in [3.63, 3.8) is 0 Å². The molecule has 150 valence electrons. The van der Waals surface area contributed by atoms with Gasteiger partial charge in [0, 0.05) is 25.8 Å². The Bertz CT molecular complexity index is 1110. The number of hydrogen-bond donors (Lipinski definition) is 0. The van der Waals surface area contributed by atoms with Crippen LogP contribution in [-0.2, 0) is 24.1 Å². The first-order chi connectivity index (χ1) is 14.0. The van der Waals surface area contributed by atoms with Crippen LogP contribution in [0.3, 0.4) is 0 Å². The molecule has 0 spiro atoms. The third kappa shape index (κ3) is 3.39. The van der Waals surface area contributed by atoms with Gasteiger partial charge in [0.25, 0.3) is 0 Å². The number of anilines is 1. The van der Waals surface area contributed by atoms with Gasteiger partial charge in [-0.15, -0.1) is 0 Å². The van der Waals surface area contributed by atoms with E-state index in [1.54, 1.807) is 19.3 Å². The summed E-state index contributed by atoms with van der Waals surface area (Å²) in [5.74, 6) is -0.591. The fourth-order valence-corrected chi connectivity index (χ4v) is 4.07. The topological polar surface area (TPSA) is 64.4 Å². The minimum atomic E-state index is -0.591. The van der Waals surface area contributed by atoms with Gasteiger partial charge in [-0.05, 0) is 43.9 Å². The molecule has 0 amide bonds. The minimum Gasteiger partial charge on any atom is -0.462 e. The lowest BCUT2D eigenvalue weighted by Crippen LogP contribution is -2.32. The SMILES string of the molecule is CCOC(=O)c1cn(CC)c2ncc(N(C)C3Cc4ccccc4C3)cc2c1=O. The van der Waals surface area contributed by atoms with E-state index in [-0.39, 0.29) is 17.6 Å². The summed E-state index contributed by atoms with van der Waals surface area (Å²) < 4.78 is 6.89. The van der Waals surface area contributed by atoms with Gasteiger partial charge in [-0.3, -0.25) is 4.79 Å². The summed E-state index contributed by atoms with van der Waals surface area (Å²) >= 11 is 0. The maximum Gasteiger partial charge on any atom is 0.343 e. The number of rotatable bonds is 5. The second-order valence-corrected chi connectivity index (χ2v) is 7.38. The number of aromatic nitrogens is 2. The van der Waals surface area contributed by atoms with Crippen molar-refractivity contribution in [3.8, 4) is 0 Å². The van der Waals surface area contributed by atoms with Gasteiger partial charge < -0.3 is 14.2 Å². The van der Waals surface area contributed by atoms with Crippen LogP contribution < -0.4 is 10.3 Å². The summed E-state index contributed by atoms with van der Waals surface area (Å²) in [6.07, 6.45) is 5.28. The van der Waals surface area contributed by atoms with Gasteiger partial charge in [0.15, 0.2) is 0 Å². The van der Waals surface area contributed by atoms with E-state index in [0.29, 0.717) is 23.6 Å². The fraction of sp³-hybridized carbons (Fsp3) is 0.348. The molecule has 4 rings (SSSR count). The number of pyridine rings is 2. The zero-order chi connectivity index (χ0) is 20.5. The van der Waals surface area contributed by atoms with Crippen LogP contribution in [0.2, 0.25) is 0 Å². The van der Waals surface area contributed by atoms with E-state index in [0.717, 1.165) is 18.5 Å². The molecule has 0 N–H and O–H groups in total. The van der Waals surface area contributed by atoms with Gasteiger partial charge in [0.05, 0.1) is 23.9 Å². The first-order valence-electron chi connectivity index (χ1n) is 10.0. The lowest BCUT2D eigenvalue weighted by Gasteiger charge is -2.26. The Morgan fingerprint density at radius 1 is 1.24 bits per heavy atom. The van der Waals surface area contributed by atoms with Gasteiger partial charge in [0.1, 0.15) is 11.2 Å². The van der Waals surface area contributed by atoms with Crippen molar-refractivity contribution in [3.05, 3.63) is 69.6 Å². The predicted octanol–water partition coefficient (Wildman–Crippen LogP) is 3.20. The van der Waals surface area contributed by atoms with Crippen LogP contribution in [0.25, 0.3) is 11.0 Å². The molecular formula is C23H25N3O3. The Morgan fingerprint density at radius 2 is 1.93 bits per heavy atom. The molecule has 2 aromatic heterocycles. The Kier molecular flexibility index (Phi) is 5.09. The number of esters is 1. The standard InChI is InChI=1S/C23H25N3O3/c1-4-26-14-20(23(28)29-5-2)21(27)19-12-18(13-24-22(19)26)25(3)17-10-15-8-6-7-9-16(15)11-17/h6-9,12-14,17H,4-5,10-11H2,1-3H3. The van der Waals surface area contributed by atoms with Crippen LogP contribution in [-0.4, -0.2) is 35.2 Å². The Labute approximate surface area is 169 Å². The van der Waals surface area contributed by atoms with Crippen LogP contribution in [0.15, 0.2) is 47.5 Å². The molecule has 0 unspecified atom stereocenters. The molecule has 1 aromatic carbocycles. The third-order valence-electron chi connectivity index (χ3n) is 5.72. The number of benzene rings is 1. The molecule has 0 saturated heterocycles.